The number of hydrogen-bond donors (Lipinski definition) is 2. The van der Waals surface area contributed by atoms with Crippen molar-refractivity contribution in [2.75, 3.05) is 54.3 Å². The van der Waals surface area contributed by atoms with Crippen molar-refractivity contribution in [1.29, 1.82) is 0 Å². The first-order valence-corrected chi connectivity index (χ1v) is 14.6. The van der Waals surface area contributed by atoms with E-state index in [9.17, 15) is 26.4 Å². The average Bonchev–Trinajstić information content (AvgIpc) is 3.65. The number of rotatable bonds is 7. The van der Waals surface area contributed by atoms with Gasteiger partial charge in [-0.3, -0.25) is 4.72 Å². The molecule has 2 saturated heterocycles. The summed E-state index contributed by atoms with van der Waals surface area (Å²) in [5, 5.41) is 2.40. The number of carbonyl (C=O) groups is 1. The molecule has 1 aromatic carbocycles. The maximum Gasteiger partial charge on any atom is 0.389 e. The van der Waals surface area contributed by atoms with Gasteiger partial charge in [0.15, 0.2) is 0 Å². The highest BCUT2D eigenvalue weighted by molar-refractivity contribution is 7.93. The lowest BCUT2D eigenvalue weighted by Crippen LogP contribution is -2.36. The van der Waals surface area contributed by atoms with Gasteiger partial charge in [-0.05, 0) is 73.1 Å². The van der Waals surface area contributed by atoms with Crippen molar-refractivity contribution in [3.05, 3.63) is 35.9 Å². The van der Waals surface area contributed by atoms with E-state index in [0.29, 0.717) is 57.1 Å². The third-order valence-electron chi connectivity index (χ3n) is 7.25. The summed E-state index contributed by atoms with van der Waals surface area (Å²) < 4.78 is 71.7. The molecule has 2 amide bonds. The number of nitrogens with one attached hydrogen (secondary N) is 2. The zero-order chi connectivity index (χ0) is 27.8. The summed E-state index contributed by atoms with van der Waals surface area (Å²) in [4.78, 5) is 20.9. The maximum atomic E-state index is 12.8. The molecule has 39 heavy (non-hydrogen) atoms. The normalized spacial score (nSPS) is 20.3. The predicted molar refractivity (Wildman–Crippen MR) is 142 cm³/mol. The van der Waals surface area contributed by atoms with Crippen molar-refractivity contribution in [1.82, 2.24) is 9.88 Å². The molecule has 0 spiro atoms. The van der Waals surface area contributed by atoms with E-state index >= 15 is 0 Å². The molecule has 2 N–H and O–H groups in total. The number of nitrogens with zero attached hydrogens (tertiary/aromatic N) is 3. The number of ether oxygens (including phenoxy) is 1. The second-order valence-corrected chi connectivity index (χ2v) is 12.4. The van der Waals surface area contributed by atoms with Gasteiger partial charge in [0.05, 0.1) is 18.5 Å². The Morgan fingerprint density at radius 3 is 2.54 bits per heavy atom. The minimum Gasteiger partial charge on any atom is -0.378 e. The van der Waals surface area contributed by atoms with Crippen LogP contribution in [0.15, 0.2) is 30.3 Å². The molecule has 212 valence electrons. The summed E-state index contributed by atoms with van der Waals surface area (Å²) in [6, 6.07) is 8.48. The number of benzene rings is 1. The number of alkyl halides is 3. The number of halogens is 3. The summed E-state index contributed by atoms with van der Waals surface area (Å²) in [6.07, 6.45) is -3.58. The van der Waals surface area contributed by atoms with Crippen LogP contribution >= 0.6 is 0 Å². The van der Waals surface area contributed by atoms with Crippen LogP contribution in [-0.4, -0.2) is 75.2 Å². The van der Waals surface area contributed by atoms with E-state index in [1.165, 1.54) is 4.90 Å². The number of morpholine rings is 1. The van der Waals surface area contributed by atoms with E-state index in [1.807, 2.05) is 24.0 Å². The largest absolute Gasteiger partial charge is 0.389 e. The van der Waals surface area contributed by atoms with E-state index in [-0.39, 0.29) is 18.9 Å². The fraction of sp³-hybridized carbons (Fsp3) is 0.538. The molecule has 13 heteroatoms. The Hall–Kier alpha value is -3.06. The molecular formula is C26H32F3N5O4S. The first-order valence-electron chi connectivity index (χ1n) is 13.1. The number of amides is 2. The fourth-order valence-corrected chi connectivity index (χ4v) is 6.33. The predicted octanol–water partition coefficient (Wildman–Crippen LogP) is 4.60. The molecule has 3 aliphatic rings. The molecule has 1 atom stereocenters. The zero-order valence-corrected chi connectivity index (χ0v) is 22.4. The number of sulfonamides is 1. The number of aryl methyl sites for hydroxylation is 1. The van der Waals surface area contributed by atoms with Crippen LogP contribution in [0.3, 0.4) is 0 Å². The molecule has 0 unspecified atom stereocenters. The maximum absolute atomic E-state index is 12.8. The molecular weight excluding hydrogens is 535 g/mol. The van der Waals surface area contributed by atoms with Gasteiger partial charge in [-0.2, -0.15) is 13.2 Å². The molecule has 1 aliphatic carbocycles. The number of aromatic nitrogens is 1. The molecule has 0 radical (unpaired) electrons. The SMILES string of the molecule is Cc1ccc(NC(=O)N2CC[C@@H](CC(F)(F)F)C2)cc1-c1cc(NS(=O)(=O)C2CC2)nc(N2CCOCC2)c1. The van der Waals surface area contributed by atoms with Gasteiger partial charge < -0.3 is 19.9 Å². The molecule has 3 fully saturated rings. The molecule has 9 nitrogen and oxygen atoms in total. The van der Waals surface area contributed by atoms with Crippen LogP contribution in [0.5, 0.6) is 0 Å². The van der Waals surface area contributed by atoms with Crippen LogP contribution in [0.2, 0.25) is 0 Å². The van der Waals surface area contributed by atoms with Crippen LogP contribution in [-0.2, 0) is 14.8 Å². The van der Waals surface area contributed by atoms with Crippen LogP contribution in [0, 0.1) is 12.8 Å². The van der Waals surface area contributed by atoms with E-state index in [4.69, 9.17) is 4.74 Å². The monoisotopic (exact) mass is 567 g/mol. The van der Waals surface area contributed by atoms with Gasteiger partial charge in [0.2, 0.25) is 10.0 Å². The third-order valence-corrected chi connectivity index (χ3v) is 9.09. The highest BCUT2D eigenvalue weighted by atomic mass is 32.2. The summed E-state index contributed by atoms with van der Waals surface area (Å²) >= 11 is 0. The van der Waals surface area contributed by atoms with Gasteiger partial charge in [-0.25, -0.2) is 18.2 Å². The van der Waals surface area contributed by atoms with Crippen molar-refractivity contribution < 1.29 is 31.1 Å². The van der Waals surface area contributed by atoms with Gasteiger partial charge in [0.25, 0.3) is 0 Å². The van der Waals surface area contributed by atoms with Crippen LogP contribution in [0.4, 0.5) is 35.3 Å². The van der Waals surface area contributed by atoms with E-state index in [1.54, 1.807) is 18.2 Å². The Balaban J connectivity index is 1.39. The summed E-state index contributed by atoms with van der Waals surface area (Å²) in [5.41, 5.74) is 2.88. The Labute approximate surface area is 225 Å². The lowest BCUT2D eigenvalue weighted by molar-refractivity contribution is -0.143. The number of anilines is 3. The van der Waals surface area contributed by atoms with Crippen molar-refractivity contribution in [3.8, 4) is 11.1 Å². The summed E-state index contributed by atoms with van der Waals surface area (Å²) in [5.74, 6) is 0.242. The Morgan fingerprint density at radius 1 is 1.10 bits per heavy atom. The highest BCUT2D eigenvalue weighted by Crippen LogP contribution is 2.35. The summed E-state index contributed by atoms with van der Waals surface area (Å²) in [7, 11) is -3.53. The minimum absolute atomic E-state index is 0.0574. The van der Waals surface area contributed by atoms with Crippen molar-refractivity contribution in [2.45, 2.75) is 44.0 Å². The van der Waals surface area contributed by atoms with E-state index < -0.39 is 39.8 Å². The third kappa shape index (κ3) is 6.93. The van der Waals surface area contributed by atoms with Crippen LogP contribution in [0.25, 0.3) is 11.1 Å². The number of likely N-dealkylation sites (tertiary alicyclic amines) is 1. The highest BCUT2D eigenvalue weighted by Gasteiger charge is 2.37. The van der Waals surface area contributed by atoms with Crippen LogP contribution < -0.4 is 14.9 Å². The van der Waals surface area contributed by atoms with Crippen molar-refractivity contribution in [2.24, 2.45) is 5.92 Å². The molecule has 0 bridgehead atoms. The molecule has 1 aromatic heterocycles. The zero-order valence-electron chi connectivity index (χ0n) is 21.6. The topological polar surface area (TPSA) is 104 Å². The number of urea groups is 1. The summed E-state index contributed by atoms with van der Waals surface area (Å²) in [6.45, 7) is 4.54. The Morgan fingerprint density at radius 2 is 1.85 bits per heavy atom. The van der Waals surface area contributed by atoms with Gasteiger partial charge >= 0.3 is 12.2 Å². The molecule has 1 saturated carbocycles. The van der Waals surface area contributed by atoms with Gasteiger partial charge in [-0.1, -0.05) is 6.07 Å². The minimum atomic E-state index is -4.25. The second-order valence-electron chi connectivity index (χ2n) is 10.4. The lowest BCUT2D eigenvalue weighted by atomic mass is 10.00. The number of carbonyl (C=O) groups excluding carboxylic acids is 1. The fourth-order valence-electron chi connectivity index (χ4n) is 5.01. The Kier molecular flexibility index (Phi) is 7.64. The average molecular weight is 568 g/mol. The molecule has 2 aliphatic heterocycles. The molecule has 5 rings (SSSR count). The first-order chi connectivity index (χ1) is 18.5. The molecule has 2 aromatic rings. The number of pyridine rings is 1. The van der Waals surface area contributed by atoms with Gasteiger partial charge in [-0.15, -0.1) is 0 Å². The first kappa shape index (κ1) is 27.5. The van der Waals surface area contributed by atoms with Gasteiger partial charge in [0, 0.05) is 38.3 Å². The second kappa shape index (κ2) is 10.8. The number of hydrogen-bond acceptors (Lipinski definition) is 6. The Bertz CT molecular complexity index is 1330. The molecule has 3 heterocycles. The van der Waals surface area contributed by atoms with E-state index in [0.717, 1.165) is 16.7 Å². The standard InChI is InChI=1S/C26H32F3N5O4S/c1-17-2-3-20(30-25(35)34-7-6-18(16-34)15-26(27,28)29)14-22(17)19-12-23(32-39(36,37)21-4-5-21)31-24(13-19)33-8-10-38-11-9-33/h2-3,12-14,18,21H,4-11,15-16H2,1H3,(H,30,35)(H,31,32)/t18-/m0/s1. The van der Waals surface area contributed by atoms with Crippen molar-refractivity contribution in [3.63, 3.8) is 0 Å². The smallest absolute Gasteiger partial charge is 0.378 e. The van der Waals surface area contributed by atoms with E-state index in [2.05, 4.69) is 15.0 Å². The van der Waals surface area contributed by atoms with Crippen LogP contribution in [0.1, 0.15) is 31.2 Å². The lowest BCUT2D eigenvalue weighted by Gasteiger charge is -2.28. The van der Waals surface area contributed by atoms with Crippen molar-refractivity contribution >= 4 is 33.4 Å². The quantitative estimate of drug-likeness (QED) is 0.507. The van der Waals surface area contributed by atoms with Gasteiger partial charge in [0.1, 0.15) is 11.6 Å².